The maximum atomic E-state index is 12.0. The number of morpholine rings is 1. The van der Waals surface area contributed by atoms with Crippen LogP contribution in [0.4, 0.5) is 0 Å². The summed E-state index contributed by atoms with van der Waals surface area (Å²) < 4.78 is 5.23. The van der Waals surface area contributed by atoms with Gasteiger partial charge in [0.05, 0.1) is 19.8 Å². The molecule has 0 aliphatic carbocycles. The number of amides is 2. The summed E-state index contributed by atoms with van der Waals surface area (Å²) >= 11 is 0. The standard InChI is InChI=1S/C15H21N3O3/c16-15(20)13(10-12-4-2-1-3-5-12)17-14(19)11-18-6-8-21-9-7-18/h1-5,13H,6-11H2,(H2,16,20)(H,17,19). The molecule has 1 aliphatic heterocycles. The highest BCUT2D eigenvalue weighted by molar-refractivity contribution is 5.87. The molecule has 0 spiro atoms. The second kappa shape index (κ2) is 7.75. The van der Waals surface area contributed by atoms with E-state index in [1.165, 1.54) is 0 Å². The molecule has 0 saturated carbocycles. The minimum absolute atomic E-state index is 0.184. The predicted octanol–water partition coefficient (Wildman–Crippen LogP) is -0.469. The third-order valence-electron chi connectivity index (χ3n) is 3.43. The molecule has 1 unspecified atom stereocenters. The number of rotatable bonds is 6. The van der Waals surface area contributed by atoms with Gasteiger partial charge in [-0.1, -0.05) is 30.3 Å². The highest BCUT2D eigenvalue weighted by atomic mass is 16.5. The number of nitrogens with zero attached hydrogens (tertiary/aromatic N) is 1. The molecule has 0 aromatic heterocycles. The summed E-state index contributed by atoms with van der Waals surface area (Å²) in [6.07, 6.45) is 0.408. The summed E-state index contributed by atoms with van der Waals surface area (Å²) in [6.45, 7) is 3.00. The molecule has 3 N–H and O–H groups in total. The summed E-state index contributed by atoms with van der Waals surface area (Å²) in [5.74, 6) is -0.703. The van der Waals surface area contributed by atoms with Crippen LogP contribution >= 0.6 is 0 Å². The van der Waals surface area contributed by atoms with Gasteiger partial charge in [0, 0.05) is 19.5 Å². The SMILES string of the molecule is NC(=O)C(Cc1ccccc1)NC(=O)CN1CCOCC1. The largest absolute Gasteiger partial charge is 0.379 e. The summed E-state index contributed by atoms with van der Waals surface area (Å²) in [6, 6.07) is 8.82. The van der Waals surface area contributed by atoms with E-state index < -0.39 is 11.9 Å². The molecule has 0 radical (unpaired) electrons. The van der Waals surface area contributed by atoms with E-state index in [4.69, 9.17) is 10.5 Å². The average Bonchev–Trinajstić information content (AvgIpc) is 2.48. The number of carbonyl (C=O) groups is 2. The monoisotopic (exact) mass is 291 g/mol. The van der Waals surface area contributed by atoms with Gasteiger partial charge in [-0.25, -0.2) is 0 Å². The van der Waals surface area contributed by atoms with E-state index in [2.05, 4.69) is 5.32 Å². The first kappa shape index (κ1) is 15.5. The Morgan fingerprint density at radius 2 is 1.90 bits per heavy atom. The van der Waals surface area contributed by atoms with Crippen molar-refractivity contribution in [1.29, 1.82) is 0 Å². The summed E-state index contributed by atoms with van der Waals surface area (Å²) in [5, 5.41) is 2.72. The highest BCUT2D eigenvalue weighted by Gasteiger charge is 2.20. The van der Waals surface area contributed by atoms with Crippen molar-refractivity contribution in [2.24, 2.45) is 5.73 Å². The van der Waals surface area contributed by atoms with Gasteiger partial charge in [-0.3, -0.25) is 14.5 Å². The number of ether oxygens (including phenoxy) is 1. The zero-order valence-corrected chi connectivity index (χ0v) is 12.0. The topological polar surface area (TPSA) is 84.7 Å². The molecule has 2 rings (SSSR count). The second-order valence-electron chi connectivity index (χ2n) is 5.10. The van der Waals surface area contributed by atoms with E-state index >= 15 is 0 Å². The molecule has 1 atom stereocenters. The van der Waals surface area contributed by atoms with E-state index in [1.54, 1.807) is 0 Å². The van der Waals surface area contributed by atoms with Gasteiger partial charge in [0.1, 0.15) is 6.04 Å². The van der Waals surface area contributed by atoms with Crippen LogP contribution < -0.4 is 11.1 Å². The zero-order valence-electron chi connectivity index (χ0n) is 12.0. The number of primary amides is 1. The van der Waals surface area contributed by atoms with Gasteiger partial charge in [0.2, 0.25) is 11.8 Å². The summed E-state index contributed by atoms with van der Waals surface area (Å²) in [5.41, 5.74) is 6.34. The fourth-order valence-electron chi connectivity index (χ4n) is 2.27. The Hall–Kier alpha value is -1.92. The lowest BCUT2D eigenvalue weighted by atomic mass is 10.1. The van der Waals surface area contributed by atoms with Gasteiger partial charge in [-0.2, -0.15) is 0 Å². The van der Waals surface area contributed by atoms with Gasteiger partial charge in [0.25, 0.3) is 0 Å². The highest BCUT2D eigenvalue weighted by Crippen LogP contribution is 2.03. The van der Waals surface area contributed by atoms with Crippen LogP contribution in [0, 0.1) is 0 Å². The average molecular weight is 291 g/mol. The van der Waals surface area contributed by atoms with E-state index in [0.717, 1.165) is 18.7 Å². The molecule has 1 fully saturated rings. The summed E-state index contributed by atoms with van der Waals surface area (Å²) in [7, 11) is 0. The molecular formula is C15H21N3O3. The fraction of sp³-hybridized carbons (Fsp3) is 0.467. The Morgan fingerprint density at radius 3 is 2.52 bits per heavy atom. The molecule has 0 bridgehead atoms. The second-order valence-corrected chi connectivity index (χ2v) is 5.10. The minimum atomic E-state index is -0.680. The Bertz CT molecular complexity index is 472. The lowest BCUT2D eigenvalue weighted by Crippen LogP contribution is -2.50. The molecular weight excluding hydrogens is 270 g/mol. The Balaban J connectivity index is 1.86. The van der Waals surface area contributed by atoms with Crippen LogP contribution in [0.1, 0.15) is 5.56 Å². The van der Waals surface area contributed by atoms with E-state index in [-0.39, 0.29) is 12.5 Å². The molecule has 1 saturated heterocycles. The Morgan fingerprint density at radius 1 is 1.24 bits per heavy atom. The first-order valence-corrected chi connectivity index (χ1v) is 7.08. The van der Waals surface area contributed by atoms with Gasteiger partial charge < -0.3 is 15.8 Å². The molecule has 6 heteroatoms. The number of nitrogens with one attached hydrogen (secondary N) is 1. The van der Waals surface area contributed by atoms with Crippen molar-refractivity contribution in [3.8, 4) is 0 Å². The van der Waals surface area contributed by atoms with Crippen LogP contribution in [0.5, 0.6) is 0 Å². The first-order chi connectivity index (χ1) is 10.1. The van der Waals surface area contributed by atoms with Crippen LogP contribution in [0.15, 0.2) is 30.3 Å². The lowest BCUT2D eigenvalue weighted by Gasteiger charge is -2.26. The van der Waals surface area contributed by atoms with Crippen molar-refractivity contribution < 1.29 is 14.3 Å². The number of benzene rings is 1. The van der Waals surface area contributed by atoms with Crippen LogP contribution in [-0.4, -0.2) is 55.6 Å². The maximum Gasteiger partial charge on any atom is 0.240 e. The van der Waals surface area contributed by atoms with Crippen LogP contribution in [0.3, 0.4) is 0 Å². The van der Waals surface area contributed by atoms with E-state index in [0.29, 0.717) is 19.6 Å². The molecule has 1 heterocycles. The maximum absolute atomic E-state index is 12.0. The third kappa shape index (κ3) is 5.17. The number of hydrogen-bond donors (Lipinski definition) is 2. The van der Waals surface area contributed by atoms with Crippen LogP contribution in [-0.2, 0) is 20.7 Å². The molecule has 1 aromatic rings. The molecule has 2 amide bonds. The number of nitrogens with two attached hydrogens (primary N) is 1. The zero-order chi connectivity index (χ0) is 15.1. The Labute approximate surface area is 124 Å². The Kier molecular flexibility index (Phi) is 5.71. The normalized spacial score (nSPS) is 17.1. The van der Waals surface area contributed by atoms with Crippen molar-refractivity contribution >= 4 is 11.8 Å². The fourth-order valence-corrected chi connectivity index (χ4v) is 2.27. The molecule has 1 aromatic carbocycles. The van der Waals surface area contributed by atoms with E-state index in [9.17, 15) is 9.59 Å². The minimum Gasteiger partial charge on any atom is -0.379 e. The van der Waals surface area contributed by atoms with Crippen LogP contribution in [0.25, 0.3) is 0 Å². The lowest BCUT2D eigenvalue weighted by molar-refractivity contribution is -0.128. The molecule has 114 valence electrons. The summed E-state index contributed by atoms with van der Waals surface area (Å²) in [4.78, 5) is 25.5. The first-order valence-electron chi connectivity index (χ1n) is 7.08. The third-order valence-corrected chi connectivity index (χ3v) is 3.43. The van der Waals surface area contributed by atoms with Gasteiger partial charge >= 0.3 is 0 Å². The molecule has 21 heavy (non-hydrogen) atoms. The van der Waals surface area contributed by atoms with E-state index in [1.807, 2.05) is 35.2 Å². The number of hydrogen-bond acceptors (Lipinski definition) is 4. The van der Waals surface area contributed by atoms with Crippen molar-refractivity contribution in [3.63, 3.8) is 0 Å². The van der Waals surface area contributed by atoms with Crippen LogP contribution in [0.2, 0.25) is 0 Å². The number of carbonyl (C=O) groups excluding carboxylic acids is 2. The smallest absolute Gasteiger partial charge is 0.240 e. The molecule has 6 nitrogen and oxygen atoms in total. The van der Waals surface area contributed by atoms with Gasteiger partial charge in [-0.05, 0) is 5.56 Å². The van der Waals surface area contributed by atoms with Gasteiger partial charge in [0.15, 0.2) is 0 Å². The van der Waals surface area contributed by atoms with Crippen molar-refractivity contribution in [2.75, 3.05) is 32.8 Å². The van der Waals surface area contributed by atoms with Crippen molar-refractivity contribution in [3.05, 3.63) is 35.9 Å². The quantitative estimate of drug-likeness (QED) is 0.742. The predicted molar refractivity (Wildman–Crippen MR) is 78.5 cm³/mol. The van der Waals surface area contributed by atoms with Crippen molar-refractivity contribution in [2.45, 2.75) is 12.5 Å². The molecule has 1 aliphatic rings. The van der Waals surface area contributed by atoms with Gasteiger partial charge in [-0.15, -0.1) is 0 Å². The van der Waals surface area contributed by atoms with Crippen molar-refractivity contribution in [1.82, 2.24) is 10.2 Å².